The van der Waals surface area contributed by atoms with Crippen LogP contribution in [0.5, 0.6) is 11.5 Å². The maximum absolute atomic E-state index is 12.8. The summed E-state index contributed by atoms with van der Waals surface area (Å²) in [5, 5.41) is 21.8. The molecule has 2 fully saturated rings. The van der Waals surface area contributed by atoms with Gasteiger partial charge in [-0.05, 0) is 93.0 Å². The molecule has 4 aliphatic heterocycles. The van der Waals surface area contributed by atoms with Gasteiger partial charge in [-0.2, -0.15) is 4.98 Å². The molecule has 0 spiro atoms. The first-order valence-electron chi connectivity index (χ1n) is 22.0. The minimum Gasteiger partial charge on any atom is -0.486 e. The molecule has 2 aromatic carbocycles. The largest absolute Gasteiger partial charge is 0.488 e. The molecule has 8 heterocycles. The predicted molar refractivity (Wildman–Crippen MR) is 261 cm³/mol. The van der Waals surface area contributed by atoms with Gasteiger partial charge in [0.2, 0.25) is 5.28 Å². The van der Waals surface area contributed by atoms with E-state index in [1.54, 1.807) is 64.6 Å². The second kappa shape index (κ2) is 18.9. The average Bonchev–Trinajstić information content (AvgIpc) is 3.30. The fourth-order valence-corrected chi connectivity index (χ4v) is 9.56. The number of aromatic nitrogens is 6. The number of pyridine rings is 2. The fourth-order valence-electron chi connectivity index (χ4n) is 8.42. The van der Waals surface area contributed by atoms with E-state index in [-0.39, 0.29) is 29.5 Å². The Balaban J connectivity index is 0.000000151. The molecule has 4 aliphatic rings. The van der Waals surface area contributed by atoms with Crippen LogP contribution in [-0.4, -0.2) is 140 Å². The van der Waals surface area contributed by atoms with Crippen molar-refractivity contribution in [3.63, 3.8) is 0 Å². The summed E-state index contributed by atoms with van der Waals surface area (Å²) in [7, 11) is -8.32. The van der Waals surface area contributed by atoms with Gasteiger partial charge in [0.1, 0.15) is 34.1 Å². The van der Waals surface area contributed by atoms with Gasteiger partial charge in [-0.25, -0.2) is 31.8 Å². The number of morpholine rings is 2. The van der Waals surface area contributed by atoms with E-state index < -0.39 is 36.3 Å². The quantitative estimate of drug-likeness (QED) is 0.175. The molecule has 0 aliphatic carbocycles. The number of hydrogen-bond acceptors (Lipinski definition) is 18. The number of rotatable bonds is 6. The van der Waals surface area contributed by atoms with Crippen LogP contribution in [0.2, 0.25) is 5.28 Å². The number of ether oxygens (including phenoxy) is 4. The molecule has 10 rings (SSSR count). The summed E-state index contributed by atoms with van der Waals surface area (Å²) in [6.45, 7) is 13.6. The van der Waals surface area contributed by atoms with Crippen LogP contribution >= 0.6 is 11.6 Å². The normalized spacial score (nSPS) is 20.2. The van der Waals surface area contributed by atoms with Crippen LogP contribution in [0.1, 0.15) is 52.9 Å². The first-order chi connectivity index (χ1) is 32.1. The number of hydrogen-bond donors (Lipinski definition) is 2. The molecule has 2 saturated heterocycles. The van der Waals surface area contributed by atoms with Gasteiger partial charge in [-0.3, -0.25) is 9.97 Å². The van der Waals surface area contributed by atoms with E-state index in [1.165, 1.54) is 12.5 Å². The number of halogens is 1. The van der Waals surface area contributed by atoms with Gasteiger partial charge in [0.05, 0.1) is 50.6 Å². The fraction of sp³-hybridized carbons (Fsp3) is 0.435. The number of benzene rings is 2. The van der Waals surface area contributed by atoms with Gasteiger partial charge in [0.15, 0.2) is 48.6 Å². The average molecular weight is 989 g/mol. The zero-order valence-corrected chi connectivity index (χ0v) is 41.4. The van der Waals surface area contributed by atoms with E-state index in [4.69, 9.17) is 50.6 Å². The highest BCUT2D eigenvalue weighted by Crippen LogP contribution is 2.46. The lowest BCUT2D eigenvalue weighted by molar-refractivity contribution is 0.0482. The molecule has 0 amide bonds. The summed E-state index contributed by atoms with van der Waals surface area (Å²) in [5.74, 6) is 2.47. The maximum Gasteiger partial charge on any atom is 0.488 e. The summed E-state index contributed by atoms with van der Waals surface area (Å²) in [4.78, 5) is 30.6. The summed E-state index contributed by atoms with van der Waals surface area (Å²) in [6.07, 6.45) is 9.35. The van der Waals surface area contributed by atoms with Crippen molar-refractivity contribution < 1.29 is 45.8 Å². The van der Waals surface area contributed by atoms with Gasteiger partial charge >= 0.3 is 7.12 Å². The van der Waals surface area contributed by atoms with Gasteiger partial charge < -0.3 is 38.8 Å². The lowest BCUT2D eigenvalue weighted by atomic mass is 9.79. The Bertz CT molecular complexity index is 3100. The minimum absolute atomic E-state index is 0.0124. The van der Waals surface area contributed by atoms with Crippen LogP contribution in [-0.2, 0) is 38.6 Å². The molecule has 18 nitrogen and oxygen atoms in total. The topological polar surface area (TPSA) is 229 Å². The van der Waals surface area contributed by atoms with E-state index in [1.807, 2.05) is 43.3 Å². The van der Waals surface area contributed by atoms with E-state index in [0.29, 0.717) is 85.5 Å². The zero-order chi connectivity index (χ0) is 48.9. The van der Waals surface area contributed by atoms with Crippen molar-refractivity contribution in [3.8, 4) is 22.9 Å². The highest BCUT2D eigenvalue weighted by atomic mass is 35.5. The van der Waals surface area contributed by atoms with Crippen molar-refractivity contribution >= 4 is 77.0 Å². The van der Waals surface area contributed by atoms with Crippen molar-refractivity contribution in [3.05, 3.63) is 90.0 Å². The molecule has 360 valence electrons. The molecule has 2 N–H and O–H groups in total. The molecule has 6 aromatic rings. The number of anilines is 2. The van der Waals surface area contributed by atoms with Crippen LogP contribution in [0, 0.1) is 0 Å². The zero-order valence-electron chi connectivity index (χ0n) is 39.0. The van der Waals surface area contributed by atoms with Crippen LogP contribution in [0.15, 0.2) is 73.3 Å². The Morgan fingerprint density at radius 2 is 1.12 bits per heavy atom. The SMILES string of the molecule is C[C@@H]1COC[C@H]2COc3c(nc(-c4ccc5ccncc5c4)nc3C(C)(C)S(C)(=O)=O)N21.C[C@@H]1COC[C@H]2COc3c(nc(Cl)nc3C(C)(C)S(C)(=O)=O)N21.OB(O)c1ccc2ccncc2c1. The van der Waals surface area contributed by atoms with Crippen molar-refractivity contribution in [1.29, 1.82) is 0 Å². The van der Waals surface area contributed by atoms with E-state index in [9.17, 15) is 16.8 Å². The first-order valence-corrected chi connectivity index (χ1v) is 26.1. The Morgan fingerprint density at radius 1 is 0.632 bits per heavy atom. The summed E-state index contributed by atoms with van der Waals surface area (Å²) >= 11 is 6.09. The van der Waals surface area contributed by atoms with E-state index >= 15 is 0 Å². The molecule has 0 bridgehead atoms. The first kappa shape index (κ1) is 49.1. The summed E-state index contributed by atoms with van der Waals surface area (Å²) in [5.41, 5.74) is 1.96. The Hall–Kier alpha value is -5.29. The Morgan fingerprint density at radius 3 is 1.63 bits per heavy atom. The number of fused-ring (bicyclic) bond motifs is 8. The standard InChI is InChI=1S/C23H26N4O4S.C14H20ClN3O4S.C9H8BNO2/c1-14-11-30-12-18-13-31-19-20(23(2,3)32(4,28)29)25-21(26-22(19)27(14)18)16-6-5-15-7-8-24-10-17(15)9-16;1-8-5-21-6-9-7-22-10-11(14(2,3)23(4,19)20)16-13(15)17-12(10)18(8)9;12-10(13)9-2-1-7-3-4-11-6-8(7)5-9/h5-10,14,18H,11-13H2,1-4H3;8-9H,5-7H2,1-4H3;1-6,12-13H/t14-,18+;8-,9+;/m11./s1. The van der Waals surface area contributed by atoms with Crippen molar-refractivity contribution in [2.24, 2.45) is 0 Å². The lowest BCUT2D eigenvalue weighted by Crippen LogP contribution is -2.56. The van der Waals surface area contributed by atoms with Gasteiger partial charge in [-0.1, -0.05) is 30.3 Å². The smallest absolute Gasteiger partial charge is 0.486 e. The van der Waals surface area contributed by atoms with Crippen LogP contribution in [0.25, 0.3) is 32.9 Å². The molecule has 0 unspecified atom stereocenters. The van der Waals surface area contributed by atoms with E-state index in [2.05, 4.69) is 36.7 Å². The van der Waals surface area contributed by atoms with Crippen molar-refractivity contribution in [2.75, 3.05) is 62.0 Å². The lowest BCUT2D eigenvalue weighted by Gasteiger charge is -2.45. The van der Waals surface area contributed by atoms with Crippen LogP contribution in [0.3, 0.4) is 0 Å². The highest BCUT2D eigenvalue weighted by Gasteiger charge is 2.45. The Labute approximate surface area is 401 Å². The third-order valence-corrected chi connectivity index (χ3v) is 17.2. The van der Waals surface area contributed by atoms with Gasteiger partial charge in [0, 0.05) is 48.2 Å². The molecule has 0 saturated carbocycles. The minimum atomic E-state index is -3.49. The summed E-state index contributed by atoms with van der Waals surface area (Å²) in [6, 6.07) is 15.2. The van der Waals surface area contributed by atoms with Crippen molar-refractivity contribution in [2.45, 2.75) is 75.2 Å². The maximum atomic E-state index is 12.8. The predicted octanol–water partition coefficient (Wildman–Crippen LogP) is 4.27. The highest BCUT2D eigenvalue weighted by molar-refractivity contribution is 7.91. The second-order valence-electron chi connectivity index (χ2n) is 18.4. The molecule has 4 aromatic heterocycles. The summed E-state index contributed by atoms with van der Waals surface area (Å²) < 4.78 is 70.6. The molecule has 0 radical (unpaired) electrons. The molecular formula is C46H54BClN8O10S2. The number of nitrogens with zero attached hydrogens (tertiary/aromatic N) is 8. The molecule has 22 heteroatoms. The molecule has 68 heavy (non-hydrogen) atoms. The van der Waals surface area contributed by atoms with Gasteiger partial charge in [0.25, 0.3) is 0 Å². The van der Waals surface area contributed by atoms with Gasteiger partial charge in [-0.15, -0.1) is 0 Å². The van der Waals surface area contributed by atoms with Crippen LogP contribution < -0.4 is 24.7 Å². The Kier molecular flexibility index (Phi) is 13.7. The van der Waals surface area contributed by atoms with Crippen LogP contribution in [0.4, 0.5) is 11.6 Å². The van der Waals surface area contributed by atoms with Crippen molar-refractivity contribution in [1.82, 2.24) is 29.9 Å². The monoisotopic (exact) mass is 988 g/mol. The number of sulfone groups is 2. The van der Waals surface area contributed by atoms with E-state index in [0.717, 1.165) is 27.1 Å². The third-order valence-electron chi connectivity index (χ3n) is 12.9. The molecular weight excluding hydrogens is 935 g/mol. The second-order valence-corrected chi connectivity index (χ2v) is 23.9. The third kappa shape index (κ3) is 9.53. The molecule has 4 atom stereocenters.